The Morgan fingerprint density at radius 2 is 2.03 bits per heavy atom. The van der Waals surface area contributed by atoms with E-state index in [1.54, 1.807) is 11.8 Å². The molecule has 0 unspecified atom stereocenters. The molecule has 2 heterocycles. The fourth-order valence-corrected chi connectivity index (χ4v) is 4.27. The van der Waals surface area contributed by atoms with Crippen LogP contribution in [0.1, 0.15) is 68.2 Å². The van der Waals surface area contributed by atoms with E-state index in [0.29, 0.717) is 18.5 Å². The molecule has 3 rings (SSSR count). The summed E-state index contributed by atoms with van der Waals surface area (Å²) < 4.78 is 7.99. The third kappa shape index (κ3) is 5.74. The van der Waals surface area contributed by atoms with E-state index in [1.807, 2.05) is 13.8 Å². The van der Waals surface area contributed by atoms with E-state index in [0.717, 1.165) is 54.3 Å². The van der Waals surface area contributed by atoms with Gasteiger partial charge >= 0.3 is 0 Å². The van der Waals surface area contributed by atoms with E-state index in [4.69, 9.17) is 4.42 Å². The number of nitrogens with zero attached hydrogens (tertiary/aromatic N) is 5. The highest BCUT2D eigenvalue weighted by molar-refractivity contribution is 7.98. The molecule has 2 N–H and O–H groups in total. The molecule has 0 atom stereocenters. The predicted octanol–water partition coefficient (Wildman–Crippen LogP) is 3.41. The van der Waals surface area contributed by atoms with Crippen molar-refractivity contribution in [1.29, 1.82) is 0 Å². The van der Waals surface area contributed by atoms with Crippen molar-refractivity contribution < 1.29 is 4.42 Å². The van der Waals surface area contributed by atoms with Gasteiger partial charge in [0, 0.05) is 25.6 Å². The maximum atomic E-state index is 5.61. The van der Waals surface area contributed by atoms with Crippen LogP contribution >= 0.6 is 11.8 Å². The summed E-state index contributed by atoms with van der Waals surface area (Å²) in [6.07, 6.45) is 9.07. The molecule has 2 aromatic heterocycles. The molecular formula is C20H33N7OS. The summed E-state index contributed by atoms with van der Waals surface area (Å²) in [5.74, 6) is 3.38. The minimum atomic E-state index is 0.428. The predicted molar refractivity (Wildman–Crippen MR) is 116 cm³/mol. The van der Waals surface area contributed by atoms with Gasteiger partial charge in [0.15, 0.2) is 11.1 Å². The van der Waals surface area contributed by atoms with Gasteiger partial charge < -0.3 is 19.6 Å². The maximum Gasteiger partial charge on any atom is 0.216 e. The smallest absolute Gasteiger partial charge is 0.216 e. The summed E-state index contributed by atoms with van der Waals surface area (Å²) in [6.45, 7) is 7.99. The molecule has 0 saturated heterocycles. The first-order valence-corrected chi connectivity index (χ1v) is 11.8. The van der Waals surface area contributed by atoms with Gasteiger partial charge in [0.1, 0.15) is 18.1 Å². The monoisotopic (exact) mass is 419 g/mol. The molecule has 1 aliphatic carbocycles. The molecule has 0 bridgehead atoms. The molecule has 1 fully saturated rings. The normalized spacial score (nSPS) is 15.2. The van der Waals surface area contributed by atoms with Gasteiger partial charge in [-0.1, -0.05) is 24.6 Å². The highest BCUT2D eigenvalue weighted by Crippen LogP contribution is 2.33. The van der Waals surface area contributed by atoms with E-state index >= 15 is 0 Å². The quantitative estimate of drug-likeness (QED) is 0.278. The first-order valence-electron chi connectivity index (χ1n) is 10.5. The average Bonchev–Trinajstić information content (AvgIpc) is 3.43. The van der Waals surface area contributed by atoms with Gasteiger partial charge in [-0.15, -0.1) is 10.2 Å². The lowest BCUT2D eigenvalue weighted by molar-refractivity contribution is 0.460. The van der Waals surface area contributed by atoms with Crippen molar-refractivity contribution in [3.8, 4) is 0 Å². The van der Waals surface area contributed by atoms with Crippen LogP contribution in [0, 0.1) is 13.8 Å². The van der Waals surface area contributed by atoms with Crippen molar-refractivity contribution in [2.24, 2.45) is 4.99 Å². The molecule has 2 aromatic rings. The molecule has 0 aliphatic heterocycles. The number of aromatic nitrogens is 4. The molecule has 160 valence electrons. The van der Waals surface area contributed by atoms with E-state index in [9.17, 15) is 0 Å². The van der Waals surface area contributed by atoms with Gasteiger partial charge in [-0.3, -0.25) is 0 Å². The first kappa shape index (κ1) is 21.7. The fraction of sp³-hybridized carbons (Fsp3) is 0.700. The average molecular weight is 420 g/mol. The van der Waals surface area contributed by atoms with E-state index in [2.05, 4.69) is 48.6 Å². The minimum Gasteiger partial charge on any atom is -0.444 e. The molecule has 0 spiro atoms. The number of guanidine groups is 1. The third-order valence-corrected chi connectivity index (χ3v) is 5.91. The van der Waals surface area contributed by atoms with Crippen molar-refractivity contribution >= 4 is 17.7 Å². The largest absolute Gasteiger partial charge is 0.444 e. The second kappa shape index (κ2) is 10.7. The highest BCUT2D eigenvalue weighted by atomic mass is 32.2. The van der Waals surface area contributed by atoms with Gasteiger partial charge in [0.25, 0.3) is 0 Å². The van der Waals surface area contributed by atoms with Crippen LogP contribution in [-0.4, -0.2) is 45.1 Å². The van der Waals surface area contributed by atoms with Gasteiger partial charge in [-0.05, 0) is 46.3 Å². The Balaban J connectivity index is 1.52. The van der Waals surface area contributed by atoms with Crippen molar-refractivity contribution in [2.45, 2.75) is 77.0 Å². The third-order valence-electron chi connectivity index (χ3n) is 5.27. The summed E-state index contributed by atoms with van der Waals surface area (Å²) in [6, 6.07) is 0.571. The van der Waals surface area contributed by atoms with Crippen molar-refractivity contribution in [2.75, 3.05) is 19.3 Å². The molecule has 1 aliphatic rings. The Hall–Kier alpha value is -2.03. The van der Waals surface area contributed by atoms with Gasteiger partial charge in [0.2, 0.25) is 5.89 Å². The SMILES string of the molecule is CCNC(=NCc1nc(C)c(C)o1)NCCCc1nnc(SC)n1C1CCCC1. The van der Waals surface area contributed by atoms with Crippen molar-refractivity contribution in [1.82, 2.24) is 30.4 Å². The zero-order valence-corrected chi connectivity index (χ0v) is 18.8. The molecule has 9 heteroatoms. The number of aliphatic imine (C=N–C) groups is 1. The summed E-state index contributed by atoms with van der Waals surface area (Å²) in [5.41, 5.74) is 0.921. The zero-order valence-electron chi connectivity index (χ0n) is 18.0. The number of hydrogen-bond acceptors (Lipinski definition) is 6. The van der Waals surface area contributed by atoms with Crippen LogP contribution in [0.2, 0.25) is 0 Å². The lowest BCUT2D eigenvalue weighted by Gasteiger charge is -2.16. The molecule has 8 nitrogen and oxygen atoms in total. The Bertz CT molecular complexity index is 788. The Kier molecular flexibility index (Phi) is 7.97. The second-order valence-corrected chi connectivity index (χ2v) is 8.16. The standard InChI is InChI=1S/C20H33N7OS/c1-5-21-19(23-13-18-24-14(2)15(3)28-18)22-12-8-11-17-25-26-20(29-4)27(17)16-9-6-7-10-16/h16H,5-13H2,1-4H3,(H2,21,22,23). The maximum absolute atomic E-state index is 5.61. The van der Waals surface area contributed by atoms with Crippen LogP contribution < -0.4 is 10.6 Å². The molecule has 29 heavy (non-hydrogen) atoms. The number of rotatable bonds is 9. The Morgan fingerprint density at radius 3 is 2.69 bits per heavy atom. The molecule has 0 amide bonds. The summed E-state index contributed by atoms with van der Waals surface area (Å²) in [5, 5.41) is 16.6. The van der Waals surface area contributed by atoms with E-state index in [1.165, 1.54) is 25.7 Å². The van der Waals surface area contributed by atoms with Gasteiger partial charge in [0.05, 0.1) is 5.69 Å². The van der Waals surface area contributed by atoms with Crippen LogP contribution in [-0.2, 0) is 13.0 Å². The van der Waals surface area contributed by atoms with Crippen LogP contribution in [0.4, 0.5) is 0 Å². The lowest BCUT2D eigenvalue weighted by Crippen LogP contribution is -2.38. The number of oxazole rings is 1. The summed E-state index contributed by atoms with van der Waals surface area (Å²) >= 11 is 1.69. The number of hydrogen-bond donors (Lipinski definition) is 2. The van der Waals surface area contributed by atoms with E-state index in [-0.39, 0.29) is 0 Å². The Morgan fingerprint density at radius 1 is 1.24 bits per heavy atom. The molecule has 1 saturated carbocycles. The lowest BCUT2D eigenvalue weighted by atomic mass is 10.2. The summed E-state index contributed by atoms with van der Waals surface area (Å²) in [7, 11) is 0. The summed E-state index contributed by atoms with van der Waals surface area (Å²) in [4.78, 5) is 8.97. The van der Waals surface area contributed by atoms with Crippen molar-refractivity contribution in [3.63, 3.8) is 0 Å². The molecule has 0 radical (unpaired) electrons. The second-order valence-electron chi connectivity index (χ2n) is 7.39. The van der Waals surface area contributed by atoms with E-state index < -0.39 is 0 Å². The first-order chi connectivity index (χ1) is 14.1. The minimum absolute atomic E-state index is 0.428. The topological polar surface area (TPSA) is 93.2 Å². The Labute approximate surface area is 177 Å². The van der Waals surface area contributed by atoms with Crippen LogP contribution in [0.25, 0.3) is 0 Å². The number of aryl methyl sites for hydroxylation is 3. The van der Waals surface area contributed by atoms with Gasteiger partial charge in [-0.2, -0.15) is 0 Å². The highest BCUT2D eigenvalue weighted by Gasteiger charge is 2.23. The van der Waals surface area contributed by atoms with Crippen LogP contribution in [0.5, 0.6) is 0 Å². The van der Waals surface area contributed by atoms with Gasteiger partial charge in [-0.25, -0.2) is 9.98 Å². The molecule has 0 aromatic carbocycles. The number of nitrogens with one attached hydrogen (secondary N) is 2. The van der Waals surface area contributed by atoms with Crippen LogP contribution in [0.3, 0.4) is 0 Å². The van der Waals surface area contributed by atoms with Crippen LogP contribution in [0.15, 0.2) is 14.6 Å². The van der Waals surface area contributed by atoms with Crippen molar-refractivity contribution in [3.05, 3.63) is 23.2 Å². The fourth-order valence-electron chi connectivity index (χ4n) is 3.69. The molecular weight excluding hydrogens is 386 g/mol. The zero-order chi connectivity index (χ0) is 20.6. The number of thioether (sulfide) groups is 1.